The van der Waals surface area contributed by atoms with Crippen molar-refractivity contribution in [3.05, 3.63) is 54.1 Å². The summed E-state index contributed by atoms with van der Waals surface area (Å²) in [6, 6.07) is 15.6. The number of nitrogens with one attached hydrogen (secondary N) is 1. The van der Waals surface area contributed by atoms with Crippen LogP contribution in [0.25, 0.3) is 11.1 Å². The number of ether oxygens (including phenoxy) is 1. The van der Waals surface area contributed by atoms with E-state index in [2.05, 4.69) is 12.2 Å². The third-order valence-electron chi connectivity index (χ3n) is 6.33. The van der Waals surface area contributed by atoms with Crippen LogP contribution in [0.4, 0.5) is 10.5 Å². The van der Waals surface area contributed by atoms with Crippen molar-refractivity contribution in [1.29, 1.82) is 0 Å². The number of hydrogen-bond donors (Lipinski definition) is 2. The molecular weight excluding hydrogens is 428 g/mol. The molecule has 6 nitrogen and oxygen atoms in total. The lowest BCUT2D eigenvalue weighted by atomic mass is 9.98. The van der Waals surface area contributed by atoms with E-state index >= 15 is 0 Å². The molecule has 0 unspecified atom stereocenters. The first-order valence-electron chi connectivity index (χ1n) is 12.5. The van der Waals surface area contributed by atoms with Crippen LogP contribution in [0.15, 0.2) is 48.5 Å². The fourth-order valence-corrected chi connectivity index (χ4v) is 3.96. The molecule has 3 rings (SSSR count). The highest BCUT2D eigenvalue weighted by Gasteiger charge is 2.27. The van der Waals surface area contributed by atoms with Gasteiger partial charge in [0.05, 0.1) is 6.61 Å². The minimum absolute atomic E-state index is 0.187. The third-order valence-corrected chi connectivity index (χ3v) is 6.33. The van der Waals surface area contributed by atoms with Crippen molar-refractivity contribution in [2.75, 3.05) is 25.1 Å². The molecule has 1 fully saturated rings. The van der Waals surface area contributed by atoms with Gasteiger partial charge in [0.15, 0.2) is 6.10 Å². The van der Waals surface area contributed by atoms with Gasteiger partial charge in [-0.25, -0.2) is 9.59 Å². The molecule has 1 atom stereocenters. The lowest BCUT2D eigenvalue weighted by Crippen LogP contribution is -2.38. The largest absolute Gasteiger partial charge is 0.479 e. The van der Waals surface area contributed by atoms with Crippen LogP contribution in [-0.4, -0.2) is 43.4 Å². The Hall–Kier alpha value is -2.86. The van der Waals surface area contributed by atoms with Gasteiger partial charge in [-0.05, 0) is 47.9 Å². The average Bonchev–Trinajstić information content (AvgIpc) is 3.68. The molecule has 34 heavy (non-hydrogen) atoms. The van der Waals surface area contributed by atoms with Gasteiger partial charge >= 0.3 is 12.0 Å². The lowest BCUT2D eigenvalue weighted by molar-refractivity contribution is -0.150. The van der Waals surface area contributed by atoms with Gasteiger partial charge in [-0.15, -0.1) is 0 Å². The monoisotopic (exact) mass is 466 g/mol. The van der Waals surface area contributed by atoms with E-state index in [0.717, 1.165) is 42.4 Å². The molecule has 0 heterocycles. The molecule has 1 saturated carbocycles. The SMILES string of the molecule is CCCCCCCNC(=O)N(C)c1cc(-c2ccccc2)ccc1C[C@H](OCC1CC1)C(=O)O. The van der Waals surface area contributed by atoms with Gasteiger partial charge in [-0.3, -0.25) is 4.90 Å². The summed E-state index contributed by atoms with van der Waals surface area (Å²) in [4.78, 5) is 26.4. The number of aliphatic carboxylic acids is 1. The van der Waals surface area contributed by atoms with Crippen LogP contribution < -0.4 is 10.2 Å². The number of rotatable bonds is 14. The second-order valence-corrected chi connectivity index (χ2v) is 9.22. The molecule has 2 amide bonds. The fourth-order valence-electron chi connectivity index (χ4n) is 3.96. The standard InChI is InChI=1S/C28H38N2O4/c1-3-4-5-6-10-17-29-28(33)30(2)25-18-23(22-11-8-7-9-12-22)15-16-24(25)19-26(27(31)32)34-20-21-13-14-21/h7-9,11-12,15-16,18,21,26H,3-6,10,13-14,17,19-20H2,1-2H3,(H,29,33)(H,31,32)/t26-/m0/s1. The molecule has 1 aliphatic rings. The number of unbranched alkanes of at least 4 members (excludes halogenated alkanes) is 4. The summed E-state index contributed by atoms with van der Waals surface area (Å²) in [6.07, 6.45) is 7.13. The van der Waals surface area contributed by atoms with E-state index in [4.69, 9.17) is 4.74 Å². The summed E-state index contributed by atoms with van der Waals surface area (Å²) >= 11 is 0. The van der Waals surface area contributed by atoms with Gasteiger partial charge in [0.1, 0.15) is 0 Å². The summed E-state index contributed by atoms with van der Waals surface area (Å²) in [5, 5.41) is 12.7. The quantitative estimate of drug-likeness (QED) is 0.340. The van der Waals surface area contributed by atoms with E-state index in [1.807, 2.05) is 48.5 Å². The highest BCUT2D eigenvalue weighted by molar-refractivity contribution is 5.93. The molecular formula is C28H38N2O4. The van der Waals surface area contributed by atoms with Crippen molar-refractivity contribution in [2.45, 2.75) is 64.4 Å². The van der Waals surface area contributed by atoms with Crippen molar-refractivity contribution in [2.24, 2.45) is 5.92 Å². The second kappa shape index (κ2) is 13.1. The predicted molar refractivity (Wildman–Crippen MR) is 136 cm³/mol. The van der Waals surface area contributed by atoms with E-state index in [1.54, 1.807) is 11.9 Å². The summed E-state index contributed by atoms with van der Waals surface area (Å²) < 4.78 is 5.73. The van der Waals surface area contributed by atoms with Gasteiger partial charge in [0.25, 0.3) is 0 Å². The van der Waals surface area contributed by atoms with Gasteiger partial charge in [-0.1, -0.05) is 75.1 Å². The molecule has 184 valence electrons. The van der Waals surface area contributed by atoms with Crippen LogP contribution in [0, 0.1) is 5.92 Å². The molecule has 0 saturated heterocycles. The summed E-state index contributed by atoms with van der Waals surface area (Å²) in [5.41, 5.74) is 3.50. The van der Waals surface area contributed by atoms with Gasteiger partial charge in [-0.2, -0.15) is 0 Å². The molecule has 6 heteroatoms. The van der Waals surface area contributed by atoms with Crippen LogP contribution in [0.3, 0.4) is 0 Å². The van der Waals surface area contributed by atoms with E-state index in [1.165, 1.54) is 19.3 Å². The van der Waals surface area contributed by atoms with Gasteiger partial charge < -0.3 is 15.2 Å². The van der Waals surface area contributed by atoms with E-state index < -0.39 is 12.1 Å². The first-order valence-corrected chi connectivity index (χ1v) is 12.5. The molecule has 0 aromatic heterocycles. The molecule has 2 N–H and O–H groups in total. The van der Waals surface area contributed by atoms with Crippen LogP contribution in [0.2, 0.25) is 0 Å². The highest BCUT2D eigenvalue weighted by Crippen LogP contribution is 2.31. The van der Waals surface area contributed by atoms with E-state index in [9.17, 15) is 14.7 Å². The number of carbonyl (C=O) groups is 2. The third kappa shape index (κ3) is 7.87. The Morgan fingerprint density at radius 1 is 1.06 bits per heavy atom. The van der Waals surface area contributed by atoms with Crippen LogP contribution in [-0.2, 0) is 16.0 Å². The van der Waals surface area contributed by atoms with Crippen molar-refractivity contribution in [3.8, 4) is 11.1 Å². The van der Waals surface area contributed by atoms with Crippen molar-refractivity contribution in [3.63, 3.8) is 0 Å². The molecule has 2 aromatic rings. The van der Waals surface area contributed by atoms with Crippen molar-refractivity contribution >= 4 is 17.7 Å². The number of carboxylic acids is 1. The zero-order valence-electron chi connectivity index (χ0n) is 20.5. The maximum Gasteiger partial charge on any atom is 0.333 e. The Bertz CT molecular complexity index is 927. The average molecular weight is 467 g/mol. The summed E-state index contributed by atoms with van der Waals surface area (Å²) in [5.74, 6) is -0.495. The Morgan fingerprint density at radius 3 is 2.47 bits per heavy atom. The number of nitrogens with zero attached hydrogens (tertiary/aromatic N) is 1. The molecule has 0 radical (unpaired) electrons. The lowest BCUT2D eigenvalue weighted by Gasteiger charge is -2.24. The number of benzene rings is 2. The molecule has 0 aliphatic heterocycles. The Kier molecular flexibility index (Phi) is 9.95. The molecule has 1 aliphatic carbocycles. The summed E-state index contributed by atoms with van der Waals surface area (Å²) in [7, 11) is 1.74. The fraction of sp³-hybridized carbons (Fsp3) is 0.500. The number of carbonyl (C=O) groups excluding carboxylic acids is 1. The first kappa shape index (κ1) is 25.8. The Labute approximate surface area is 203 Å². The molecule has 2 aromatic carbocycles. The van der Waals surface area contributed by atoms with E-state index in [-0.39, 0.29) is 12.5 Å². The minimum atomic E-state index is -0.974. The predicted octanol–water partition coefficient (Wildman–Crippen LogP) is 5.89. The normalized spacial score (nSPS) is 13.9. The topological polar surface area (TPSA) is 78.9 Å². The molecule has 0 spiro atoms. The molecule has 0 bridgehead atoms. The second-order valence-electron chi connectivity index (χ2n) is 9.22. The number of urea groups is 1. The smallest absolute Gasteiger partial charge is 0.333 e. The zero-order valence-corrected chi connectivity index (χ0v) is 20.5. The van der Waals surface area contributed by atoms with Crippen LogP contribution in [0.5, 0.6) is 0 Å². The minimum Gasteiger partial charge on any atom is -0.479 e. The first-order chi connectivity index (χ1) is 16.5. The van der Waals surface area contributed by atoms with Crippen molar-refractivity contribution < 1.29 is 19.4 Å². The van der Waals surface area contributed by atoms with Gasteiger partial charge in [0, 0.05) is 25.7 Å². The van der Waals surface area contributed by atoms with Gasteiger partial charge in [0.2, 0.25) is 0 Å². The highest BCUT2D eigenvalue weighted by atomic mass is 16.5. The maximum atomic E-state index is 12.9. The van der Waals surface area contributed by atoms with Crippen molar-refractivity contribution in [1.82, 2.24) is 5.32 Å². The maximum absolute atomic E-state index is 12.9. The zero-order chi connectivity index (χ0) is 24.3. The number of hydrogen-bond acceptors (Lipinski definition) is 3. The van der Waals surface area contributed by atoms with Crippen LogP contribution in [0.1, 0.15) is 57.4 Å². The summed E-state index contributed by atoms with van der Waals surface area (Å²) in [6.45, 7) is 3.29. The Morgan fingerprint density at radius 2 is 1.79 bits per heavy atom. The Balaban J connectivity index is 1.76. The number of carboxylic acid groups (broad SMARTS) is 1. The van der Waals surface area contributed by atoms with E-state index in [0.29, 0.717) is 24.8 Å². The number of amides is 2. The number of anilines is 1. The van der Waals surface area contributed by atoms with Crippen LogP contribution >= 0.6 is 0 Å².